The minimum Gasteiger partial charge on any atom is -0.290 e. The molecule has 1 nitrogen and oxygen atoms in total. The van der Waals surface area contributed by atoms with Gasteiger partial charge in [0.25, 0.3) is 0 Å². The summed E-state index contributed by atoms with van der Waals surface area (Å²) in [5, 5.41) is 0. The third-order valence-corrected chi connectivity index (χ3v) is 2.50. The van der Waals surface area contributed by atoms with E-state index in [2.05, 4.69) is 0 Å². The van der Waals surface area contributed by atoms with Crippen LogP contribution in [0.25, 0.3) is 0 Å². The van der Waals surface area contributed by atoms with Gasteiger partial charge in [0.1, 0.15) is 0 Å². The van der Waals surface area contributed by atoms with Gasteiger partial charge in [-0.15, -0.1) is 11.6 Å². The molecule has 0 saturated heterocycles. The Morgan fingerprint density at radius 1 is 1.18 bits per heavy atom. The summed E-state index contributed by atoms with van der Waals surface area (Å²) in [7, 11) is 0. The van der Waals surface area contributed by atoms with Crippen molar-refractivity contribution in [3.63, 3.8) is 0 Å². The van der Waals surface area contributed by atoms with Crippen molar-refractivity contribution in [3.05, 3.63) is 35.4 Å². The van der Waals surface area contributed by atoms with Crippen LogP contribution in [0.3, 0.4) is 0 Å². The lowest BCUT2D eigenvalue weighted by Gasteiger charge is -2.22. The molecule has 0 spiro atoms. The number of nitrogens with zero attached hydrogens (tertiary/aromatic N) is 1. The van der Waals surface area contributed by atoms with Crippen molar-refractivity contribution >= 4 is 11.6 Å². The lowest BCUT2D eigenvalue weighted by molar-refractivity contribution is -0.146. The molecule has 1 aromatic carbocycles. The molecule has 1 aromatic rings. The monoisotopic (exact) mass is 265 g/mol. The van der Waals surface area contributed by atoms with E-state index < -0.39 is 12.7 Å². The van der Waals surface area contributed by atoms with Crippen molar-refractivity contribution in [2.24, 2.45) is 0 Å². The summed E-state index contributed by atoms with van der Waals surface area (Å²) in [5.41, 5.74) is 1.96. The molecule has 0 unspecified atom stereocenters. The Bertz CT molecular complexity index is 335. The number of alkyl halides is 4. The highest BCUT2D eigenvalue weighted by Crippen LogP contribution is 2.18. The molecule has 1 rings (SSSR count). The van der Waals surface area contributed by atoms with Crippen LogP contribution in [0.15, 0.2) is 24.3 Å². The Labute approximate surface area is 104 Å². The number of rotatable bonds is 5. The topological polar surface area (TPSA) is 3.24 Å². The van der Waals surface area contributed by atoms with Gasteiger partial charge in [-0.2, -0.15) is 13.2 Å². The molecule has 0 saturated carbocycles. The van der Waals surface area contributed by atoms with Crippen molar-refractivity contribution in [2.75, 3.05) is 19.0 Å². The van der Waals surface area contributed by atoms with Crippen LogP contribution in [-0.4, -0.2) is 30.0 Å². The molecule has 0 amide bonds. The molecule has 0 aliphatic carbocycles. The Hall–Kier alpha value is -0.740. The first-order valence-corrected chi connectivity index (χ1v) is 5.85. The van der Waals surface area contributed by atoms with Crippen LogP contribution in [0.2, 0.25) is 0 Å². The van der Waals surface area contributed by atoms with Gasteiger partial charge in [0.15, 0.2) is 0 Å². The zero-order valence-corrected chi connectivity index (χ0v) is 10.4. The Morgan fingerprint density at radius 3 is 2.24 bits per heavy atom. The highest BCUT2D eigenvalue weighted by Gasteiger charge is 2.30. The first-order valence-electron chi connectivity index (χ1n) is 5.31. The molecule has 0 heterocycles. The highest BCUT2D eigenvalue weighted by atomic mass is 35.5. The number of aryl methyl sites for hydroxylation is 1. The van der Waals surface area contributed by atoms with Crippen LogP contribution in [0.5, 0.6) is 0 Å². The molecule has 96 valence electrons. The lowest BCUT2D eigenvalue weighted by Crippen LogP contribution is -2.35. The zero-order valence-electron chi connectivity index (χ0n) is 9.60. The third-order valence-electron chi connectivity index (χ3n) is 2.33. The standard InChI is InChI=1S/C12H15ClF3N/c1-10-2-4-11(5-3-10)8-17(7-6-13)9-12(14,15)16/h2-5H,6-9H2,1H3. The second-order valence-electron chi connectivity index (χ2n) is 4.00. The molecule has 0 N–H and O–H groups in total. The minimum atomic E-state index is -4.18. The van der Waals surface area contributed by atoms with Crippen molar-refractivity contribution in [2.45, 2.75) is 19.6 Å². The maximum Gasteiger partial charge on any atom is 0.401 e. The molecular weight excluding hydrogens is 251 g/mol. The molecule has 17 heavy (non-hydrogen) atoms. The summed E-state index contributed by atoms with van der Waals surface area (Å²) in [6, 6.07) is 7.46. The smallest absolute Gasteiger partial charge is 0.290 e. The van der Waals surface area contributed by atoms with Gasteiger partial charge in [0.2, 0.25) is 0 Å². The number of hydrogen-bond acceptors (Lipinski definition) is 1. The van der Waals surface area contributed by atoms with E-state index in [1.54, 1.807) is 0 Å². The predicted molar refractivity (Wildman–Crippen MR) is 63.2 cm³/mol. The number of benzene rings is 1. The Balaban J connectivity index is 2.63. The second-order valence-corrected chi connectivity index (χ2v) is 4.38. The third kappa shape index (κ3) is 5.94. The maximum atomic E-state index is 12.3. The second kappa shape index (κ2) is 6.26. The number of hydrogen-bond donors (Lipinski definition) is 0. The van der Waals surface area contributed by atoms with E-state index in [4.69, 9.17) is 11.6 Å². The average molecular weight is 266 g/mol. The summed E-state index contributed by atoms with van der Waals surface area (Å²) in [6.07, 6.45) is -4.18. The molecular formula is C12H15ClF3N. The highest BCUT2D eigenvalue weighted by molar-refractivity contribution is 6.18. The molecule has 0 aromatic heterocycles. The van der Waals surface area contributed by atoms with Gasteiger partial charge in [0, 0.05) is 19.0 Å². The molecule has 0 aliphatic rings. The van der Waals surface area contributed by atoms with Gasteiger partial charge in [0.05, 0.1) is 6.54 Å². The zero-order chi connectivity index (χ0) is 12.9. The van der Waals surface area contributed by atoms with E-state index in [-0.39, 0.29) is 19.0 Å². The predicted octanol–water partition coefficient (Wildman–Crippen LogP) is 3.60. The maximum absolute atomic E-state index is 12.3. The van der Waals surface area contributed by atoms with Crippen LogP contribution in [0, 0.1) is 6.92 Å². The van der Waals surface area contributed by atoms with Gasteiger partial charge in [-0.05, 0) is 12.5 Å². The summed E-state index contributed by atoms with van der Waals surface area (Å²) in [5.74, 6) is 0.196. The van der Waals surface area contributed by atoms with Crippen molar-refractivity contribution in [1.82, 2.24) is 4.90 Å². The van der Waals surface area contributed by atoms with Crippen molar-refractivity contribution in [1.29, 1.82) is 0 Å². The molecule has 0 radical (unpaired) electrons. The minimum absolute atomic E-state index is 0.196. The summed E-state index contributed by atoms with van der Waals surface area (Å²) >= 11 is 5.51. The fourth-order valence-corrected chi connectivity index (χ4v) is 1.78. The first-order chi connectivity index (χ1) is 7.90. The molecule has 0 aliphatic heterocycles. The van der Waals surface area contributed by atoms with Crippen LogP contribution < -0.4 is 0 Å². The van der Waals surface area contributed by atoms with Gasteiger partial charge in [-0.25, -0.2) is 0 Å². The fourth-order valence-electron chi connectivity index (χ4n) is 1.54. The van der Waals surface area contributed by atoms with E-state index in [1.165, 1.54) is 4.90 Å². The van der Waals surface area contributed by atoms with E-state index in [1.807, 2.05) is 31.2 Å². The summed E-state index contributed by atoms with van der Waals surface area (Å²) in [6.45, 7) is 1.52. The largest absolute Gasteiger partial charge is 0.401 e. The van der Waals surface area contributed by atoms with E-state index >= 15 is 0 Å². The Kier molecular flexibility index (Phi) is 5.28. The van der Waals surface area contributed by atoms with Crippen molar-refractivity contribution < 1.29 is 13.2 Å². The van der Waals surface area contributed by atoms with Crippen molar-refractivity contribution in [3.8, 4) is 0 Å². The van der Waals surface area contributed by atoms with E-state index in [0.717, 1.165) is 11.1 Å². The van der Waals surface area contributed by atoms with Crippen LogP contribution in [0.4, 0.5) is 13.2 Å². The van der Waals surface area contributed by atoms with Gasteiger partial charge >= 0.3 is 6.18 Å². The molecule has 0 fully saturated rings. The van der Waals surface area contributed by atoms with Gasteiger partial charge in [-0.3, -0.25) is 4.90 Å². The van der Waals surface area contributed by atoms with E-state index in [0.29, 0.717) is 0 Å². The van der Waals surface area contributed by atoms with Crippen LogP contribution in [-0.2, 0) is 6.54 Å². The fraction of sp³-hybridized carbons (Fsp3) is 0.500. The van der Waals surface area contributed by atoms with Gasteiger partial charge in [-0.1, -0.05) is 29.8 Å². The molecule has 0 bridgehead atoms. The average Bonchev–Trinajstić information content (AvgIpc) is 2.19. The normalized spacial score (nSPS) is 12.1. The van der Waals surface area contributed by atoms with Crippen LogP contribution in [0.1, 0.15) is 11.1 Å². The van der Waals surface area contributed by atoms with Gasteiger partial charge < -0.3 is 0 Å². The molecule has 0 atom stereocenters. The SMILES string of the molecule is Cc1ccc(CN(CCCl)CC(F)(F)F)cc1. The summed E-state index contributed by atoms with van der Waals surface area (Å²) < 4.78 is 36.9. The van der Waals surface area contributed by atoms with E-state index in [9.17, 15) is 13.2 Å². The lowest BCUT2D eigenvalue weighted by atomic mass is 10.1. The quantitative estimate of drug-likeness (QED) is 0.736. The van der Waals surface area contributed by atoms with Crippen LogP contribution >= 0.6 is 11.6 Å². The summed E-state index contributed by atoms with van der Waals surface area (Å²) in [4.78, 5) is 1.30. The first kappa shape index (κ1) is 14.3. The molecule has 5 heteroatoms. The Morgan fingerprint density at radius 2 is 1.76 bits per heavy atom. The number of halogens is 4.